The molecule has 0 spiro atoms. The molecule has 1 amide bonds. The summed E-state index contributed by atoms with van der Waals surface area (Å²) in [5.74, 6) is -2.92. The molecule has 0 saturated carbocycles. The number of ether oxygens (including phenoxy) is 2. The minimum Gasteiger partial charge on any atom is -0.467 e. The van der Waals surface area contributed by atoms with Crippen LogP contribution in [0.25, 0.3) is 0 Å². The molecule has 8 nitrogen and oxygen atoms in total. The lowest BCUT2D eigenvalue weighted by Crippen LogP contribution is -2.65. The molecule has 142 valence electrons. The molecule has 0 bridgehead atoms. The van der Waals surface area contributed by atoms with Gasteiger partial charge < -0.3 is 25.0 Å². The second kappa shape index (κ2) is 7.84. The van der Waals surface area contributed by atoms with Crippen LogP contribution in [0.2, 0.25) is 0 Å². The summed E-state index contributed by atoms with van der Waals surface area (Å²) in [6.07, 6.45) is 0.467. The molecule has 1 saturated heterocycles. The highest BCUT2D eigenvalue weighted by Crippen LogP contribution is 2.39. The molecule has 0 radical (unpaired) electrons. The standard InChI is InChI=1S/C18H23NO7/c1-17(24)13(14(21)19-18(17,11-20)16(23)25-2)9-6-10-26-15(22)12-7-4-3-5-8-12/h3-5,7-8,13,20,24H,6,9-11H2,1-2H3,(H,19,21)/t13-,17+,18+/m0/s1. The van der Waals surface area contributed by atoms with Gasteiger partial charge in [-0.2, -0.15) is 0 Å². The molecule has 8 heteroatoms. The van der Waals surface area contributed by atoms with E-state index < -0.39 is 41.5 Å². The Hall–Kier alpha value is -2.45. The topological polar surface area (TPSA) is 122 Å². The van der Waals surface area contributed by atoms with Gasteiger partial charge in [-0.3, -0.25) is 4.79 Å². The predicted molar refractivity (Wildman–Crippen MR) is 90.0 cm³/mol. The summed E-state index contributed by atoms with van der Waals surface area (Å²) in [6.45, 7) is 0.564. The Labute approximate surface area is 151 Å². The first-order valence-corrected chi connectivity index (χ1v) is 8.26. The van der Waals surface area contributed by atoms with Crippen LogP contribution in [0.4, 0.5) is 0 Å². The molecule has 3 atom stereocenters. The quantitative estimate of drug-likeness (QED) is 0.460. The number of amides is 1. The highest BCUT2D eigenvalue weighted by Gasteiger charge is 2.65. The molecule has 1 heterocycles. The predicted octanol–water partition coefficient (Wildman–Crippen LogP) is 0.0247. The maximum absolute atomic E-state index is 12.2. The second-order valence-corrected chi connectivity index (χ2v) is 6.39. The Morgan fingerprint density at radius 1 is 1.27 bits per heavy atom. The molecule has 1 fully saturated rings. The van der Waals surface area contributed by atoms with Crippen molar-refractivity contribution >= 4 is 17.8 Å². The van der Waals surface area contributed by atoms with E-state index in [1.807, 2.05) is 0 Å². The van der Waals surface area contributed by atoms with Gasteiger partial charge in [0.1, 0.15) is 5.60 Å². The van der Waals surface area contributed by atoms with E-state index in [0.29, 0.717) is 12.0 Å². The summed E-state index contributed by atoms with van der Waals surface area (Å²) in [7, 11) is 1.11. The summed E-state index contributed by atoms with van der Waals surface area (Å²) in [4.78, 5) is 36.1. The van der Waals surface area contributed by atoms with E-state index in [1.165, 1.54) is 6.92 Å². The van der Waals surface area contributed by atoms with Gasteiger partial charge in [-0.25, -0.2) is 9.59 Å². The van der Waals surface area contributed by atoms with Gasteiger partial charge in [-0.15, -0.1) is 0 Å². The van der Waals surface area contributed by atoms with Crippen molar-refractivity contribution in [3.8, 4) is 0 Å². The Morgan fingerprint density at radius 3 is 2.50 bits per heavy atom. The Bertz CT molecular complexity index is 673. The number of carbonyl (C=O) groups excluding carboxylic acids is 3. The minimum absolute atomic E-state index is 0.0535. The number of hydrogen-bond donors (Lipinski definition) is 3. The van der Waals surface area contributed by atoms with Crippen molar-refractivity contribution < 1.29 is 34.1 Å². The van der Waals surface area contributed by atoms with Crippen LogP contribution in [0.3, 0.4) is 0 Å². The fourth-order valence-electron chi connectivity index (χ4n) is 3.19. The van der Waals surface area contributed by atoms with Crippen molar-refractivity contribution in [3.63, 3.8) is 0 Å². The zero-order valence-electron chi connectivity index (χ0n) is 14.7. The van der Waals surface area contributed by atoms with Gasteiger partial charge in [-0.1, -0.05) is 18.2 Å². The Kier molecular flexibility index (Phi) is 5.99. The number of nitrogens with one attached hydrogen (secondary N) is 1. The number of carbonyl (C=O) groups is 3. The van der Waals surface area contributed by atoms with Crippen LogP contribution in [0.5, 0.6) is 0 Å². The average Bonchev–Trinajstić information content (AvgIpc) is 2.84. The molecule has 3 N–H and O–H groups in total. The normalized spacial score (nSPS) is 27.7. The SMILES string of the molecule is COC(=O)[C@@]1(CO)NC(=O)[C@H](CCCOC(=O)c2ccccc2)[C@@]1(C)O. The van der Waals surface area contributed by atoms with E-state index in [-0.39, 0.29) is 13.0 Å². The lowest BCUT2D eigenvalue weighted by atomic mass is 9.75. The maximum Gasteiger partial charge on any atom is 0.338 e. The Balaban J connectivity index is 1.96. The zero-order valence-corrected chi connectivity index (χ0v) is 14.7. The third-order valence-electron chi connectivity index (χ3n) is 4.85. The average molecular weight is 365 g/mol. The van der Waals surface area contributed by atoms with Crippen LogP contribution in [0.15, 0.2) is 30.3 Å². The van der Waals surface area contributed by atoms with Crippen LogP contribution < -0.4 is 5.32 Å². The fourth-order valence-corrected chi connectivity index (χ4v) is 3.19. The van der Waals surface area contributed by atoms with E-state index in [1.54, 1.807) is 30.3 Å². The number of hydrogen-bond acceptors (Lipinski definition) is 7. The molecule has 2 rings (SSSR count). The molecule has 1 aromatic carbocycles. The van der Waals surface area contributed by atoms with Gasteiger partial charge in [0.2, 0.25) is 5.91 Å². The smallest absolute Gasteiger partial charge is 0.338 e. The molecule has 0 aromatic heterocycles. The summed E-state index contributed by atoms with van der Waals surface area (Å²) in [6, 6.07) is 8.48. The molecular weight excluding hydrogens is 342 g/mol. The number of methoxy groups -OCH3 is 1. The van der Waals surface area contributed by atoms with Crippen molar-refractivity contribution in [2.45, 2.75) is 30.9 Å². The first kappa shape index (κ1) is 19.9. The van der Waals surface area contributed by atoms with Crippen molar-refractivity contribution in [1.29, 1.82) is 0 Å². The highest BCUT2D eigenvalue weighted by molar-refractivity contribution is 5.96. The van der Waals surface area contributed by atoms with Crippen molar-refractivity contribution in [2.75, 3.05) is 20.3 Å². The number of aliphatic hydroxyl groups excluding tert-OH is 1. The molecule has 1 aliphatic heterocycles. The van der Waals surface area contributed by atoms with Gasteiger partial charge in [0, 0.05) is 0 Å². The number of rotatable bonds is 7. The highest BCUT2D eigenvalue weighted by atomic mass is 16.5. The van der Waals surface area contributed by atoms with Crippen LogP contribution in [0.1, 0.15) is 30.1 Å². The molecule has 26 heavy (non-hydrogen) atoms. The van der Waals surface area contributed by atoms with E-state index >= 15 is 0 Å². The number of aliphatic hydroxyl groups is 2. The molecular formula is C18H23NO7. The minimum atomic E-state index is -1.91. The summed E-state index contributed by atoms with van der Waals surface area (Å²) < 4.78 is 9.77. The van der Waals surface area contributed by atoms with Gasteiger partial charge >= 0.3 is 11.9 Å². The monoisotopic (exact) mass is 365 g/mol. The third-order valence-corrected chi connectivity index (χ3v) is 4.85. The van der Waals surface area contributed by atoms with Crippen molar-refractivity contribution in [1.82, 2.24) is 5.32 Å². The zero-order chi connectivity index (χ0) is 19.4. The number of benzene rings is 1. The van der Waals surface area contributed by atoms with Crippen molar-refractivity contribution in [3.05, 3.63) is 35.9 Å². The first-order chi connectivity index (χ1) is 12.3. The maximum atomic E-state index is 12.2. The molecule has 1 aliphatic rings. The molecule has 0 unspecified atom stereocenters. The lowest BCUT2D eigenvalue weighted by molar-refractivity contribution is -0.163. The van der Waals surface area contributed by atoms with Gasteiger partial charge in [-0.05, 0) is 31.9 Å². The third kappa shape index (κ3) is 3.42. The first-order valence-electron chi connectivity index (χ1n) is 8.26. The molecule has 0 aliphatic carbocycles. The van der Waals surface area contributed by atoms with E-state index in [0.717, 1.165) is 7.11 Å². The van der Waals surface area contributed by atoms with E-state index in [4.69, 9.17) is 4.74 Å². The molecule has 1 aromatic rings. The van der Waals surface area contributed by atoms with E-state index in [2.05, 4.69) is 10.1 Å². The van der Waals surface area contributed by atoms with Crippen LogP contribution in [-0.2, 0) is 19.1 Å². The number of esters is 2. The fraction of sp³-hybridized carbons (Fsp3) is 0.500. The van der Waals surface area contributed by atoms with Gasteiger partial charge in [0.25, 0.3) is 0 Å². The van der Waals surface area contributed by atoms with Crippen LogP contribution >= 0.6 is 0 Å². The second-order valence-electron chi connectivity index (χ2n) is 6.39. The Morgan fingerprint density at radius 2 is 1.92 bits per heavy atom. The van der Waals surface area contributed by atoms with Crippen molar-refractivity contribution in [2.24, 2.45) is 5.92 Å². The van der Waals surface area contributed by atoms with Crippen LogP contribution in [0, 0.1) is 5.92 Å². The summed E-state index contributed by atoms with van der Waals surface area (Å²) >= 11 is 0. The summed E-state index contributed by atoms with van der Waals surface area (Å²) in [5, 5.41) is 22.7. The van der Waals surface area contributed by atoms with Gasteiger partial charge in [0.15, 0.2) is 5.54 Å². The van der Waals surface area contributed by atoms with Gasteiger partial charge in [0.05, 0.1) is 31.8 Å². The summed E-state index contributed by atoms with van der Waals surface area (Å²) in [5.41, 5.74) is -3.34. The van der Waals surface area contributed by atoms with E-state index in [9.17, 15) is 24.6 Å². The van der Waals surface area contributed by atoms with Crippen LogP contribution in [-0.4, -0.2) is 59.5 Å². The largest absolute Gasteiger partial charge is 0.467 e. The lowest BCUT2D eigenvalue weighted by Gasteiger charge is -2.37.